The highest BCUT2D eigenvalue weighted by molar-refractivity contribution is 6.02. The molecule has 0 N–H and O–H groups in total. The number of benzene rings is 1. The number of carbonyl (C=O) groups is 7. The lowest BCUT2D eigenvalue weighted by atomic mass is 10.1. The summed E-state index contributed by atoms with van der Waals surface area (Å²) in [5, 5.41) is 0.155. The molecule has 0 saturated carbocycles. The number of hydrogen-bond donors (Lipinski definition) is 0. The Morgan fingerprint density at radius 3 is 1.70 bits per heavy atom. The van der Waals surface area contributed by atoms with Crippen LogP contribution >= 0.6 is 0 Å². The van der Waals surface area contributed by atoms with Gasteiger partial charge in [0.15, 0.2) is 0 Å². The van der Waals surface area contributed by atoms with Crippen molar-refractivity contribution in [3.8, 4) is 0 Å². The zero-order valence-corrected chi connectivity index (χ0v) is 20.9. The Kier molecular flexibility index (Phi) is 9.47. The van der Waals surface area contributed by atoms with Gasteiger partial charge in [-0.3, -0.25) is 19.2 Å². The van der Waals surface area contributed by atoms with Gasteiger partial charge in [0.1, 0.15) is 5.60 Å². The van der Waals surface area contributed by atoms with E-state index in [0.29, 0.717) is 0 Å². The first-order valence-electron chi connectivity index (χ1n) is 11.1. The first-order valence-corrected chi connectivity index (χ1v) is 11.1. The fourth-order valence-electron chi connectivity index (χ4n) is 3.04. The molecular formula is C24H27NO12. The second-order valence-corrected chi connectivity index (χ2v) is 8.81. The van der Waals surface area contributed by atoms with Crippen LogP contribution in [0.15, 0.2) is 30.3 Å². The SMILES string of the molecule is CC(=O)O[C@@H](C(=O)O[C@H](C(=O)OC(C)(C)C)c1ccccc1)[C@@H](OC(C)=O)C(=O)ON1C(=O)CCC1=O. The van der Waals surface area contributed by atoms with Crippen LogP contribution in [0.1, 0.15) is 59.1 Å². The maximum Gasteiger partial charge on any atom is 0.377 e. The van der Waals surface area contributed by atoms with E-state index in [-0.39, 0.29) is 23.5 Å². The van der Waals surface area contributed by atoms with Crippen molar-refractivity contribution < 1.29 is 57.3 Å². The number of esters is 4. The molecule has 0 aromatic heterocycles. The van der Waals surface area contributed by atoms with E-state index in [4.69, 9.17) is 23.8 Å². The van der Waals surface area contributed by atoms with Gasteiger partial charge in [0.2, 0.25) is 18.3 Å². The summed E-state index contributed by atoms with van der Waals surface area (Å²) in [5.41, 5.74) is -0.781. The quantitative estimate of drug-likeness (QED) is 0.258. The lowest BCUT2D eigenvalue weighted by Gasteiger charge is -2.27. The lowest BCUT2D eigenvalue weighted by molar-refractivity contribution is -0.215. The molecule has 1 aromatic carbocycles. The molecular weight excluding hydrogens is 494 g/mol. The molecule has 2 amide bonds. The minimum absolute atomic E-state index is 0.155. The summed E-state index contributed by atoms with van der Waals surface area (Å²) in [7, 11) is 0. The highest BCUT2D eigenvalue weighted by Crippen LogP contribution is 2.25. The molecule has 13 nitrogen and oxygen atoms in total. The Balaban J connectivity index is 2.40. The van der Waals surface area contributed by atoms with Crippen molar-refractivity contribution in [3.05, 3.63) is 35.9 Å². The maximum absolute atomic E-state index is 13.2. The van der Waals surface area contributed by atoms with E-state index in [9.17, 15) is 33.6 Å². The molecule has 1 aromatic rings. The summed E-state index contributed by atoms with van der Waals surface area (Å²) in [4.78, 5) is 90.7. The molecule has 0 unspecified atom stereocenters. The molecule has 13 heteroatoms. The fraction of sp³-hybridized carbons (Fsp3) is 0.458. The van der Waals surface area contributed by atoms with Gasteiger partial charge >= 0.3 is 29.8 Å². The van der Waals surface area contributed by atoms with Crippen molar-refractivity contribution in [2.24, 2.45) is 0 Å². The highest BCUT2D eigenvalue weighted by atomic mass is 16.7. The zero-order valence-electron chi connectivity index (χ0n) is 20.9. The lowest BCUT2D eigenvalue weighted by Crippen LogP contribution is -2.49. The minimum atomic E-state index is -2.29. The van der Waals surface area contributed by atoms with Crippen LogP contribution < -0.4 is 0 Å². The van der Waals surface area contributed by atoms with E-state index in [2.05, 4.69) is 0 Å². The Morgan fingerprint density at radius 2 is 1.24 bits per heavy atom. The van der Waals surface area contributed by atoms with Crippen LogP contribution in [-0.4, -0.2) is 64.5 Å². The second-order valence-electron chi connectivity index (χ2n) is 8.81. The number of imide groups is 1. The van der Waals surface area contributed by atoms with E-state index in [0.717, 1.165) is 13.8 Å². The summed E-state index contributed by atoms with van der Waals surface area (Å²) in [6, 6.07) is 7.70. The second kappa shape index (κ2) is 12.1. The van der Waals surface area contributed by atoms with Crippen LogP contribution in [0.4, 0.5) is 0 Å². The summed E-state index contributed by atoms with van der Waals surface area (Å²) in [6.45, 7) is 6.54. The molecule has 0 bridgehead atoms. The molecule has 1 saturated heterocycles. The summed E-state index contributed by atoms with van der Waals surface area (Å²) >= 11 is 0. The van der Waals surface area contributed by atoms with Crippen LogP contribution in [0.2, 0.25) is 0 Å². The third kappa shape index (κ3) is 8.40. The standard InChI is InChI=1S/C24H27NO12/c1-13(26)33-19(20(34-14(2)27)23(32)37-25-16(28)11-12-17(25)29)21(30)35-18(15-9-7-6-8-10-15)22(31)36-24(3,4)5/h6-10,18-20H,11-12H2,1-5H3/t18-,19+,20+/m0/s1. The van der Waals surface area contributed by atoms with Gasteiger partial charge in [-0.15, -0.1) is 5.06 Å². The topological polar surface area (TPSA) is 169 Å². The van der Waals surface area contributed by atoms with E-state index in [1.807, 2.05) is 0 Å². The number of hydroxylamine groups is 2. The van der Waals surface area contributed by atoms with E-state index in [1.165, 1.54) is 12.1 Å². The molecule has 1 aliphatic heterocycles. The third-order valence-electron chi connectivity index (χ3n) is 4.47. The molecule has 200 valence electrons. The van der Waals surface area contributed by atoms with Gasteiger partial charge in [0.05, 0.1) is 0 Å². The molecule has 37 heavy (non-hydrogen) atoms. The van der Waals surface area contributed by atoms with Gasteiger partial charge in [-0.05, 0) is 20.8 Å². The van der Waals surface area contributed by atoms with Crippen LogP contribution in [0.3, 0.4) is 0 Å². The largest absolute Gasteiger partial charge is 0.457 e. The van der Waals surface area contributed by atoms with Gasteiger partial charge in [-0.2, -0.15) is 0 Å². The van der Waals surface area contributed by atoms with Crippen LogP contribution in [0.25, 0.3) is 0 Å². The van der Waals surface area contributed by atoms with Crippen molar-refractivity contribution in [1.29, 1.82) is 0 Å². The minimum Gasteiger partial charge on any atom is -0.457 e. The first-order chi connectivity index (χ1) is 17.2. The van der Waals surface area contributed by atoms with E-state index >= 15 is 0 Å². The molecule has 1 aliphatic rings. The number of carbonyl (C=O) groups excluding carboxylic acids is 7. The van der Waals surface area contributed by atoms with Crippen LogP contribution in [0.5, 0.6) is 0 Å². The average Bonchev–Trinajstić information content (AvgIpc) is 3.10. The summed E-state index contributed by atoms with van der Waals surface area (Å²) in [6.07, 6.45) is -6.68. The normalized spacial score (nSPS) is 15.8. The number of amides is 2. The number of ether oxygens (including phenoxy) is 4. The van der Waals surface area contributed by atoms with Crippen molar-refractivity contribution in [3.63, 3.8) is 0 Å². The Labute approximate surface area is 211 Å². The molecule has 2 rings (SSSR count). The van der Waals surface area contributed by atoms with Crippen molar-refractivity contribution in [1.82, 2.24) is 5.06 Å². The van der Waals surface area contributed by atoms with E-state index in [1.54, 1.807) is 39.0 Å². The van der Waals surface area contributed by atoms with Gasteiger partial charge in [0, 0.05) is 32.3 Å². The van der Waals surface area contributed by atoms with Gasteiger partial charge in [-0.1, -0.05) is 30.3 Å². The van der Waals surface area contributed by atoms with Crippen molar-refractivity contribution >= 4 is 41.7 Å². The molecule has 3 atom stereocenters. The Bertz CT molecular complexity index is 1060. The summed E-state index contributed by atoms with van der Waals surface area (Å²) < 4.78 is 20.4. The molecule has 0 aliphatic carbocycles. The average molecular weight is 521 g/mol. The molecule has 1 heterocycles. The van der Waals surface area contributed by atoms with Crippen molar-refractivity contribution in [2.45, 2.75) is 71.4 Å². The predicted octanol–water partition coefficient (Wildman–Crippen LogP) is 1.08. The van der Waals surface area contributed by atoms with Gasteiger partial charge in [0.25, 0.3) is 11.8 Å². The monoisotopic (exact) mass is 521 g/mol. The Morgan fingerprint density at radius 1 is 0.757 bits per heavy atom. The van der Waals surface area contributed by atoms with Gasteiger partial charge < -0.3 is 23.8 Å². The van der Waals surface area contributed by atoms with Crippen LogP contribution in [0, 0.1) is 0 Å². The third-order valence-corrected chi connectivity index (χ3v) is 4.47. The number of hydrogen-bond acceptors (Lipinski definition) is 12. The van der Waals surface area contributed by atoms with Gasteiger partial charge in [-0.25, -0.2) is 14.4 Å². The number of nitrogens with zero attached hydrogens (tertiary/aromatic N) is 1. The van der Waals surface area contributed by atoms with Crippen LogP contribution in [-0.2, 0) is 57.3 Å². The predicted molar refractivity (Wildman–Crippen MR) is 119 cm³/mol. The van der Waals surface area contributed by atoms with E-state index < -0.39 is 65.6 Å². The fourth-order valence-corrected chi connectivity index (χ4v) is 3.04. The molecule has 0 radical (unpaired) electrons. The number of rotatable bonds is 9. The first kappa shape index (κ1) is 28.9. The zero-order chi connectivity index (χ0) is 27.9. The highest BCUT2D eigenvalue weighted by Gasteiger charge is 2.46. The Hall–Kier alpha value is -4.29. The molecule has 1 fully saturated rings. The van der Waals surface area contributed by atoms with Crippen molar-refractivity contribution in [2.75, 3.05) is 0 Å². The summed E-state index contributed by atoms with van der Waals surface area (Å²) in [5.74, 6) is -7.91. The molecule has 0 spiro atoms. The smallest absolute Gasteiger partial charge is 0.377 e. The maximum atomic E-state index is 13.2.